The molecule has 3 heteroatoms. The summed E-state index contributed by atoms with van der Waals surface area (Å²) in [5.41, 5.74) is 6.48. The molecule has 0 aromatic heterocycles. The van der Waals surface area contributed by atoms with Crippen molar-refractivity contribution in [1.29, 1.82) is 0 Å². The predicted molar refractivity (Wildman–Crippen MR) is 60.4 cm³/mol. The lowest BCUT2D eigenvalue weighted by molar-refractivity contribution is -0.125. The van der Waals surface area contributed by atoms with Gasteiger partial charge < -0.3 is 5.73 Å². The number of nitrogens with two attached hydrogens (primary N) is 1. The molecule has 0 spiro atoms. The molecule has 1 aromatic rings. The van der Waals surface area contributed by atoms with Gasteiger partial charge in [-0.05, 0) is 30.5 Å². The molecule has 1 aliphatic carbocycles. The molecule has 2 N–H and O–H groups in total. The van der Waals surface area contributed by atoms with Gasteiger partial charge in [-0.2, -0.15) is 0 Å². The molecule has 0 amide bonds. The van der Waals surface area contributed by atoms with E-state index in [0.29, 0.717) is 12.8 Å². The van der Waals surface area contributed by atoms with Crippen molar-refractivity contribution in [3.63, 3.8) is 0 Å². The Labute approximate surface area is 94.6 Å². The van der Waals surface area contributed by atoms with Crippen molar-refractivity contribution in [3.05, 3.63) is 35.6 Å². The minimum absolute atomic E-state index is 0.0787. The zero-order valence-corrected chi connectivity index (χ0v) is 9.37. The van der Waals surface area contributed by atoms with Crippen molar-refractivity contribution in [2.24, 2.45) is 11.1 Å². The van der Waals surface area contributed by atoms with Crippen LogP contribution in [-0.2, 0) is 11.2 Å². The Balaban J connectivity index is 2.20. The topological polar surface area (TPSA) is 43.1 Å². The lowest BCUT2D eigenvalue weighted by atomic mass is 9.78. The van der Waals surface area contributed by atoms with Gasteiger partial charge in [-0.15, -0.1) is 0 Å². The van der Waals surface area contributed by atoms with E-state index in [-0.39, 0.29) is 17.6 Å². The summed E-state index contributed by atoms with van der Waals surface area (Å²) >= 11 is 0. The molecule has 1 fully saturated rings. The number of carbonyl (C=O) groups excluding carboxylic acids is 1. The highest BCUT2D eigenvalue weighted by Crippen LogP contribution is 2.36. The minimum atomic E-state index is -0.474. The van der Waals surface area contributed by atoms with Crippen LogP contribution in [0, 0.1) is 11.2 Å². The van der Waals surface area contributed by atoms with Crippen molar-refractivity contribution in [2.45, 2.75) is 32.2 Å². The summed E-state index contributed by atoms with van der Waals surface area (Å²) in [7, 11) is 0. The lowest BCUT2D eigenvalue weighted by Crippen LogP contribution is -2.40. The number of ketones is 1. The van der Waals surface area contributed by atoms with Gasteiger partial charge in [-0.3, -0.25) is 4.79 Å². The molecule has 2 rings (SSSR count). The Morgan fingerprint density at radius 2 is 2.06 bits per heavy atom. The van der Waals surface area contributed by atoms with Crippen LogP contribution in [0.2, 0.25) is 0 Å². The van der Waals surface area contributed by atoms with Crippen LogP contribution in [0.25, 0.3) is 0 Å². The molecule has 1 aliphatic rings. The maximum Gasteiger partial charge on any atom is 0.140 e. The van der Waals surface area contributed by atoms with Crippen LogP contribution in [0.1, 0.15) is 25.3 Å². The van der Waals surface area contributed by atoms with Gasteiger partial charge >= 0.3 is 0 Å². The molecule has 0 radical (unpaired) electrons. The first kappa shape index (κ1) is 11.3. The molecule has 0 heterocycles. The summed E-state index contributed by atoms with van der Waals surface area (Å²) in [6, 6.07) is 6.20. The molecule has 2 atom stereocenters. The number of hydrogen-bond donors (Lipinski definition) is 1. The average Bonchev–Trinajstić information content (AvgIpc) is 2.50. The zero-order valence-electron chi connectivity index (χ0n) is 9.37. The van der Waals surface area contributed by atoms with Crippen molar-refractivity contribution in [1.82, 2.24) is 0 Å². The van der Waals surface area contributed by atoms with Crippen molar-refractivity contribution in [2.75, 3.05) is 0 Å². The first-order valence-electron chi connectivity index (χ1n) is 5.56. The maximum atomic E-state index is 12.8. The third kappa shape index (κ3) is 1.87. The Bertz CT molecular complexity index is 401. The summed E-state index contributed by atoms with van der Waals surface area (Å²) in [5, 5.41) is 0. The molecule has 1 saturated carbocycles. The standard InChI is InChI=1S/C13H16FNO/c1-13(11(15)6-7-12(13)16)8-9-2-4-10(14)5-3-9/h2-5,11H,6-8,15H2,1H3/t11-,13-/m1/s1. The summed E-state index contributed by atoms with van der Waals surface area (Å²) in [4.78, 5) is 11.8. The Morgan fingerprint density at radius 1 is 1.44 bits per heavy atom. The van der Waals surface area contributed by atoms with Crippen LogP contribution >= 0.6 is 0 Å². The molecule has 16 heavy (non-hydrogen) atoms. The first-order chi connectivity index (χ1) is 7.52. The number of benzene rings is 1. The molecule has 1 aromatic carbocycles. The molecule has 0 bridgehead atoms. The maximum absolute atomic E-state index is 12.8. The molecule has 0 saturated heterocycles. The molecule has 86 valence electrons. The van der Waals surface area contributed by atoms with Gasteiger partial charge in [-0.1, -0.05) is 19.1 Å². The molecular weight excluding hydrogens is 205 g/mol. The van der Waals surface area contributed by atoms with Gasteiger partial charge in [0.15, 0.2) is 0 Å². The fourth-order valence-electron chi connectivity index (χ4n) is 2.35. The number of carbonyl (C=O) groups is 1. The van der Waals surface area contributed by atoms with Gasteiger partial charge in [0.2, 0.25) is 0 Å². The number of rotatable bonds is 2. The second kappa shape index (κ2) is 3.98. The molecule has 0 unspecified atom stereocenters. The largest absolute Gasteiger partial charge is 0.327 e. The highest BCUT2D eigenvalue weighted by Gasteiger charge is 2.43. The van der Waals surface area contributed by atoms with Crippen LogP contribution in [0.3, 0.4) is 0 Å². The predicted octanol–water partition coefficient (Wildman–Crippen LogP) is 2.06. The van der Waals surface area contributed by atoms with E-state index in [1.54, 1.807) is 12.1 Å². The van der Waals surface area contributed by atoms with E-state index < -0.39 is 5.41 Å². The number of halogens is 1. The Morgan fingerprint density at radius 3 is 2.56 bits per heavy atom. The third-order valence-electron chi connectivity index (χ3n) is 3.62. The van der Waals surface area contributed by atoms with Crippen molar-refractivity contribution < 1.29 is 9.18 Å². The molecule has 0 aliphatic heterocycles. The van der Waals surface area contributed by atoms with E-state index in [4.69, 9.17) is 5.73 Å². The second-order valence-electron chi connectivity index (χ2n) is 4.79. The minimum Gasteiger partial charge on any atom is -0.327 e. The zero-order chi connectivity index (χ0) is 11.8. The first-order valence-corrected chi connectivity index (χ1v) is 5.56. The SMILES string of the molecule is C[C@]1(Cc2ccc(F)cc2)C(=O)CC[C@H]1N. The second-order valence-corrected chi connectivity index (χ2v) is 4.79. The summed E-state index contributed by atoms with van der Waals surface area (Å²) in [6.07, 6.45) is 1.93. The van der Waals surface area contributed by atoms with E-state index in [9.17, 15) is 9.18 Å². The van der Waals surface area contributed by atoms with Gasteiger partial charge in [-0.25, -0.2) is 4.39 Å². The van der Waals surface area contributed by atoms with Crippen LogP contribution in [0.5, 0.6) is 0 Å². The summed E-state index contributed by atoms with van der Waals surface area (Å²) in [5.74, 6) is -0.0275. The Kier molecular flexibility index (Phi) is 2.80. The highest BCUT2D eigenvalue weighted by molar-refractivity contribution is 5.87. The van der Waals surface area contributed by atoms with Gasteiger partial charge in [0.05, 0.1) is 0 Å². The normalized spacial score (nSPS) is 29.7. The van der Waals surface area contributed by atoms with E-state index in [2.05, 4.69) is 0 Å². The number of Topliss-reactive ketones (excluding diaryl/α,β-unsaturated/α-hetero) is 1. The van der Waals surface area contributed by atoms with E-state index in [1.165, 1.54) is 12.1 Å². The van der Waals surface area contributed by atoms with Crippen molar-refractivity contribution >= 4 is 5.78 Å². The van der Waals surface area contributed by atoms with E-state index >= 15 is 0 Å². The van der Waals surface area contributed by atoms with Gasteiger partial charge in [0, 0.05) is 17.9 Å². The highest BCUT2D eigenvalue weighted by atomic mass is 19.1. The van der Waals surface area contributed by atoms with Crippen molar-refractivity contribution in [3.8, 4) is 0 Å². The quantitative estimate of drug-likeness (QED) is 0.830. The average molecular weight is 221 g/mol. The smallest absolute Gasteiger partial charge is 0.140 e. The summed E-state index contributed by atoms with van der Waals surface area (Å²) < 4.78 is 12.8. The number of hydrogen-bond acceptors (Lipinski definition) is 2. The van der Waals surface area contributed by atoms with Crippen LogP contribution in [-0.4, -0.2) is 11.8 Å². The van der Waals surface area contributed by atoms with Crippen LogP contribution in [0.4, 0.5) is 4.39 Å². The molecular formula is C13H16FNO. The third-order valence-corrected chi connectivity index (χ3v) is 3.62. The molecule has 2 nitrogen and oxygen atoms in total. The van der Waals surface area contributed by atoms with Gasteiger partial charge in [0.25, 0.3) is 0 Å². The van der Waals surface area contributed by atoms with Crippen LogP contribution < -0.4 is 5.73 Å². The van der Waals surface area contributed by atoms with Gasteiger partial charge in [0.1, 0.15) is 11.6 Å². The monoisotopic (exact) mass is 221 g/mol. The lowest BCUT2D eigenvalue weighted by Gasteiger charge is -2.27. The van der Waals surface area contributed by atoms with Crippen LogP contribution in [0.15, 0.2) is 24.3 Å². The Hall–Kier alpha value is -1.22. The van der Waals surface area contributed by atoms with E-state index in [1.807, 2.05) is 6.92 Å². The van der Waals surface area contributed by atoms with E-state index in [0.717, 1.165) is 12.0 Å². The summed E-state index contributed by atoms with van der Waals surface area (Å²) in [6.45, 7) is 1.91. The fraction of sp³-hybridized carbons (Fsp3) is 0.462. The fourth-order valence-corrected chi connectivity index (χ4v) is 2.35.